The van der Waals surface area contributed by atoms with Gasteiger partial charge < -0.3 is 10.0 Å². The third kappa shape index (κ3) is 3.07. The summed E-state index contributed by atoms with van der Waals surface area (Å²) < 4.78 is 3.90. The van der Waals surface area contributed by atoms with Gasteiger partial charge in [0.25, 0.3) is 5.91 Å². The summed E-state index contributed by atoms with van der Waals surface area (Å²) in [6, 6.07) is 0. The number of aromatic nitrogens is 2. The van der Waals surface area contributed by atoms with Gasteiger partial charge in [-0.3, -0.25) is 9.59 Å². The smallest absolute Gasteiger partial charge is 0.311 e. The fourth-order valence-corrected chi connectivity index (χ4v) is 3.40. The number of carbonyl (C=O) groups is 2. The second-order valence-electron chi connectivity index (χ2n) is 6.90. The zero-order valence-electron chi connectivity index (χ0n) is 12.8. The summed E-state index contributed by atoms with van der Waals surface area (Å²) in [6.07, 6.45) is 1.30. The molecule has 21 heavy (non-hydrogen) atoms. The van der Waals surface area contributed by atoms with Crippen molar-refractivity contribution in [3.8, 4) is 0 Å². The minimum atomic E-state index is -0.867. The number of rotatable bonds is 2. The zero-order valence-corrected chi connectivity index (χ0v) is 13.7. The summed E-state index contributed by atoms with van der Waals surface area (Å²) in [4.78, 5) is 26.3. The van der Waals surface area contributed by atoms with Crippen LogP contribution < -0.4 is 0 Å². The van der Waals surface area contributed by atoms with E-state index >= 15 is 0 Å². The number of carboxylic acid groups (broad SMARTS) is 1. The topological polar surface area (TPSA) is 83.4 Å². The molecule has 2 heterocycles. The lowest BCUT2D eigenvalue weighted by Gasteiger charge is -2.37. The van der Waals surface area contributed by atoms with Crippen LogP contribution in [-0.2, 0) is 10.2 Å². The van der Waals surface area contributed by atoms with E-state index in [4.69, 9.17) is 0 Å². The largest absolute Gasteiger partial charge is 0.481 e. The SMILES string of the molecule is CC1(C(=O)O)CCCN(C(=O)c2snnc2C(C)(C)C)C1. The van der Waals surface area contributed by atoms with Crippen molar-refractivity contribution in [3.05, 3.63) is 10.6 Å². The van der Waals surface area contributed by atoms with Gasteiger partial charge in [0.1, 0.15) is 4.88 Å². The van der Waals surface area contributed by atoms with E-state index in [-0.39, 0.29) is 17.9 Å². The van der Waals surface area contributed by atoms with Crippen LogP contribution in [0.1, 0.15) is 55.9 Å². The van der Waals surface area contributed by atoms with E-state index in [0.717, 1.165) is 11.5 Å². The lowest BCUT2D eigenvalue weighted by molar-refractivity contribution is -0.150. The van der Waals surface area contributed by atoms with Crippen LogP contribution in [-0.4, -0.2) is 44.6 Å². The number of nitrogens with zero attached hydrogens (tertiary/aromatic N) is 3. The van der Waals surface area contributed by atoms with Gasteiger partial charge in [-0.05, 0) is 31.3 Å². The maximum absolute atomic E-state index is 12.7. The molecule has 2 rings (SSSR count). The Morgan fingerprint density at radius 3 is 2.62 bits per heavy atom. The first-order chi connectivity index (χ1) is 9.65. The molecule has 0 aromatic carbocycles. The summed E-state index contributed by atoms with van der Waals surface area (Å²) in [7, 11) is 0. The van der Waals surface area contributed by atoms with Crippen molar-refractivity contribution >= 4 is 23.4 Å². The van der Waals surface area contributed by atoms with Gasteiger partial charge in [0.05, 0.1) is 11.1 Å². The third-order valence-electron chi connectivity index (χ3n) is 3.89. The van der Waals surface area contributed by atoms with Gasteiger partial charge >= 0.3 is 5.97 Å². The van der Waals surface area contributed by atoms with E-state index < -0.39 is 11.4 Å². The van der Waals surface area contributed by atoms with Crippen molar-refractivity contribution < 1.29 is 14.7 Å². The monoisotopic (exact) mass is 311 g/mol. The lowest BCUT2D eigenvalue weighted by Crippen LogP contribution is -2.48. The first kappa shape index (κ1) is 15.9. The Labute approximate surface area is 128 Å². The molecular weight excluding hydrogens is 290 g/mol. The standard InChI is InChI=1S/C14H21N3O3S/c1-13(2,3)10-9(21-16-15-10)11(18)17-7-5-6-14(4,8-17)12(19)20/h5-8H2,1-4H3,(H,19,20). The number of likely N-dealkylation sites (tertiary alicyclic amines) is 1. The third-order valence-corrected chi connectivity index (χ3v) is 4.61. The number of hydrogen-bond acceptors (Lipinski definition) is 5. The number of amides is 1. The molecule has 0 aliphatic carbocycles. The van der Waals surface area contributed by atoms with Crippen LogP contribution in [0.25, 0.3) is 0 Å². The van der Waals surface area contributed by atoms with Gasteiger partial charge in [0.15, 0.2) is 0 Å². The number of aliphatic carboxylic acids is 1. The Hall–Kier alpha value is -1.50. The molecular formula is C14H21N3O3S. The molecule has 7 heteroatoms. The lowest BCUT2D eigenvalue weighted by atomic mass is 9.82. The van der Waals surface area contributed by atoms with Gasteiger partial charge in [0.2, 0.25) is 0 Å². The highest BCUT2D eigenvalue weighted by Gasteiger charge is 2.40. The Morgan fingerprint density at radius 1 is 1.38 bits per heavy atom. The molecule has 1 atom stereocenters. The fourth-order valence-electron chi connectivity index (χ4n) is 2.55. The van der Waals surface area contributed by atoms with Crippen LogP contribution in [0.15, 0.2) is 0 Å². The average Bonchev–Trinajstić information content (AvgIpc) is 2.86. The second-order valence-corrected chi connectivity index (χ2v) is 7.65. The van der Waals surface area contributed by atoms with Crippen molar-refractivity contribution in [3.63, 3.8) is 0 Å². The molecule has 1 aliphatic rings. The van der Waals surface area contributed by atoms with E-state index in [2.05, 4.69) is 9.59 Å². The van der Waals surface area contributed by atoms with Crippen LogP contribution in [0, 0.1) is 5.41 Å². The molecule has 0 spiro atoms. The summed E-state index contributed by atoms with van der Waals surface area (Å²) in [5.41, 5.74) is -0.447. The van der Waals surface area contributed by atoms with Crippen LogP contribution >= 0.6 is 11.5 Å². The van der Waals surface area contributed by atoms with Crippen LogP contribution in [0.2, 0.25) is 0 Å². The molecule has 1 unspecified atom stereocenters. The van der Waals surface area contributed by atoms with Crippen molar-refractivity contribution in [1.29, 1.82) is 0 Å². The molecule has 1 fully saturated rings. The molecule has 1 N–H and O–H groups in total. The summed E-state index contributed by atoms with van der Waals surface area (Å²) in [5, 5.41) is 13.4. The summed E-state index contributed by atoms with van der Waals surface area (Å²) in [5.74, 6) is -0.999. The fraction of sp³-hybridized carbons (Fsp3) is 0.714. The van der Waals surface area contributed by atoms with E-state index in [1.54, 1.807) is 11.8 Å². The maximum Gasteiger partial charge on any atom is 0.311 e. The van der Waals surface area contributed by atoms with Gasteiger partial charge in [0, 0.05) is 18.5 Å². The van der Waals surface area contributed by atoms with Gasteiger partial charge in [-0.15, -0.1) is 5.10 Å². The molecule has 1 aromatic heterocycles. The normalized spacial score (nSPS) is 23.1. The van der Waals surface area contributed by atoms with Crippen molar-refractivity contribution in [2.45, 2.75) is 46.0 Å². The Morgan fingerprint density at radius 2 is 2.05 bits per heavy atom. The first-order valence-corrected chi connectivity index (χ1v) is 7.78. The molecule has 1 amide bonds. The number of hydrogen-bond donors (Lipinski definition) is 1. The second kappa shape index (κ2) is 5.36. The molecule has 0 saturated carbocycles. The Balaban J connectivity index is 2.25. The van der Waals surface area contributed by atoms with Crippen molar-refractivity contribution in [2.75, 3.05) is 13.1 Å². The minimum absolute atomic E-state index is 0.151. The van der Waals surface area contributed by atoms with E-state index in [1.807, 2.05) is 20.8 Å². The summed E-state index contributed by atoms with van der Waals surface area (Å²) >= 11 is 1.09. The van der Waals surface area contributed by atoms with Gasteiger partial charge in [-0.2, -0.15) is 0 Å². The first-order valence-electron chi connectivity index (χ1n) is 7.01. The van der Waals surface area contributed by atoms with E-state index in [1.165, 1.54) is 0 Å². The van der Waals surface area contributed by atoms with Crippen molar-refractivity contribution in [2.24, 2.45) is 5.41 Å². The van der Waals surface area contributed by atoms with Gasteiger partial charge in [-0.1, -0.05) is 25.3 Å². The number of piperidine rings is 1. The van der Waals surface area contributed by atoms with Crippen molar-refractivity contribution in [1.82, 2.24) is 14.5 Å². The molecule has 6 nitrogen and oxygen atoms in total. The van der Waals surface area contributed by atoms with Gasteiger partial charge in [-0.25, -0.2) is 0 Å². The predicted octanol–water partition coefficient (Wildman–Crippen LogP) is 2.16. The number of carbonyl (C=O) groups excluding carboxylic acids is 1. The van der Waals surface area contributed by atoms with E-state index in [9.17, 15) is 14.7 Å². The highest BCUT2D eigenvalue weighted by molar-refractivity contribution is 7.08. The Kier molecular flexibility index (Phi) is 4.06. The van der Waals surface area contributed by atoms with E-state index in [0.29, 0.717) is 30.0 Å². The summed E-state index contributed by atoms with van der Waals surface area (Å²) in [6.45, 7) is 8.48. The number of carboxylic acids is 1. The highest BCUT2D eigenvalue weighted by Crippen LogP contribution is 2.32. The highest BCUT2D eigenvalue weighted by atomic mass is 32.1. The molecule has 0 bridgehead atoms. The molecule has 116 valence electrons. The van der Waals surface area contributed by atoms with Crippen LogP contribution in [0.4, 0.5) is 0 Å². The molecule has 1 aromatic rings. The zero-order chi connectivity index (χ0) is 15.8. The molecule has 1 saturated heterocycles. The predicted molar refractivity (Wildman–Crippen MR) is 79.5 cm³/mol. The quantitative estimate of drug-likeness (QED) is 0.905. The van der Waals surface area contributed by atoms with Crippen LogP contribution in [0.3, 0.4) is 0 Å². The maximum atomic E-state index is 12.7. The minimum Gasteiger partial charge on any atom is -0.481 e. The molecule has 0 radical (unpaired) electrons. The Bertz CT molecular complexity index is 564. The van der Waals surface area contributed by atoms with Crippen LogP contribution in [0.5, 0.6) is 0 Å². The molecule has 1 aliphatic heterocycles. The average molecular weight is 311 g/mol.